The molecule has 1 aliphatic carbocycles. The van der Waals surface area contributed by atoms with Crippen LogP contribution in [0.3, 0.4) is 0 Å². The second kappa shape index (κ2) is 5.18. The molecule has 1 N–H and O–H groups in total. The van der Waals surface area contributed by atoms with Gasteiger partial charge in [-0.25, -0.2) is 4.98 Å². The van der Waals surface area contributed by atoms with Crippen LogP contribution in [0, 0.1) is 23.2 Å². The normalized spacial score (nSPS) is 27.7. The molecule has 1 aliphatic rings. The van der Waals surface area contributed by atoms with E-state index in [9.17, 15) is 0 Å². The maximum atomic E-state index is 9.03. The number of hydrogen-bond donors (Lipinski definition) is 1. The van der Waals surface area contributed by atoms with Crippen molar-refractivity contribution < 1.29 is 0 Å². The molecule has 0 aromatic carbocycles. The number of hydrogen-bond acceptors (Lipinski definition) is 3. The van der Waals surface area contributed by atoms with Crippen LogP contribution in [-0.2, 0) is 0 Å². The summed E-state index contributed by atoms with van der Waals surface area (Å²) in [5.74, 6) is 2.21. The van der Waals surface area contributed by atoms with Crippen molar-refractivity contribution in [3.8, 4) is 6.07 Å². The molecule has 0 radical (unpaired) electrons. The average Bonchev–Trinajstić information content (AvgIpc) is 2.71. The number of aromatic nitrogens is 1. The smallest absolute Gasteiger partial charge is 0.144 e. The first-order valence-corrected chi connectivity index (χ1v) is 6.38. The third-order valence-corrected chi connectivity index (χ3v) is 4.00. The van der Waals surface area contributed by atoms with Crippen LogP contribution in [0.5, 0.6) is 0 Å². The van der Waals surface area contributed by atoms with Gasteiger partial charge in [0.25, 0.3) is 0 Å². The maximum absolute atomic E-state index is 9.03. The van der Waals surface area contributed by atoms with E-state index in [1.54, 1.807) is 12.3 Å². The molecule has 0 saturated heterocycles. The van der Waals surface area contributed by atoms with Gasteiger partial charge in [-0.1, -0.05) is 20.3 Å². The molecule has 0 spiro atoms. The molecular formula is C14H19N3. The Morgan fingerprint density at radius 3 is 3.00 bits per heavy atom. The monoisotopic (exact) mass is 229 g/mol. The molecule has 0 amide bonds. The minimum Gasteiger partial charge on any atom is -0.366 e. The van der Waals surface area contributed by atoms with E-state index in [0.717, 1.165) is 11.7 Å². The summed E-state index contributed by atoms with van der Waals surface area (Å²) in [4.78, 5) is 4.26. The summed E-state index contributed by atoms with van der Waals surface area (Å²) in [6.45, 7) is 4.55. The highest BCUT2D eigenvalue weighted by Crippen LogP contribution is 2.35. The molecule has 3 unspecified atom stereocenters. The number of pyridine rings is 1. The zero-order chi connectivity index (χ0) is 12.3. The van der Waals surface area contributed by atoms with E-state index >= 15 is 0 Å². The number of anilines is 1. The number of rotatable bonds is 3. The second-order valence-electron chi connectivity index (χ2n) is 4.87. The first kappa shape index (κ1) is 11.9. The van der Waals surface area contributed by atoms with Crippen molar-refractivity contribution in [2.75, 3.05) is 5.32 Å². The van der Waals surface area contributed by atoms with Crippen LogP contribution in [0.4, 0.5) is 5.82 Å². The van der Waals surface area contributed by atoms with Gasteiger partial charge in [-0.15, -0.1) is 0 Å². The minimum absolute atomic E-state index is 0.460. The van der Waals surface area contributed by atoms with Crippen LogP contribution in [0.25, 0.3) is 0 Å². The van der Waals surface area contributed by atoms with Gasteiger partial charge in [0.1, 0.15) is 11.9 Å². The van der Waals surface area contributed by atoms with E-state index in [-0.39, 0.29) is 0 Å². The maximum Gasteiger partial charge on any atom is 0.144 e. The van der Waals surface area contributed by atoms with Crippen molar-refractivity contribution in [3.63, 3.8) is 0 Å². The summed E-state index contributed by atoms with van der Waals surface area (Å²) < 4.78 is 0. The summed E-state index contributed by atoms with van der Waals surface area (Å²) >= 11 is 0. The van der Waals surface area contributed by atoms with Crippen LogP contribution in [0.15, 0.2) is 18.3 Å². The van der Waals surface area contributed by atoms with Crippen molar-refractivity contribution >= 4 is 5.82 Å². The van der Waals surface area contributed by atoms with Gasteiger partial charge in [0.05, 0.1) is 5.56 Å². The van der Waals surface area contributed by atoms with Gasteiger partial charge < -0.3 is 5.32 Å². The molecule has 3 atom stereocenters. The zero-order valence-electron chi connectivity index (χ0n) is 10.5. The molecule has 17 heavy (non-hydrogen) atoms. The molecule has 1 aromatic rings. The Morgan fingerprint density at radius 1 is 1.53 bits per heavy atom. The molecule has 2 rings (SSSR count). The SMILES string of the molecule is CCC1CCC(Nc2ncccc2C#N)C1C. The average molecular weight is 229 g/mol. The van der Waals surface area contributed by atoms with Crippen molar-refractivity contribution in [1.82, 2.24) is 4.98 Å². The van der Waals surface area contributed by atoms with E-state index in [1.165, 1.54) is 19.3 Å². The summed E-state index contributed by atoms with van der Waals surface area (Å²) in [6.07, 6.45) is 5.44. The standard InChI is InChI=1S/C14H19N3/c1-3-11-6-7-13(10(11)2)17-14-12(9-15)5-4-8-16-14/h4-5,8,10-11,13H,3,6-7H2,1-2H3,(H,16,17). The highest BCUT2D eigenvalue weighted by molar-refractivity contribution is 5.51. The minimum atomic E-state index is 0.460. The summed E-state index contributed by atoms with van der Waals surface area (Å²) in [5, 5.41) is 12.5. The van der Waals surface area contributed by atoms with Gasteiger partial charge in [0.15, 0.2) is 0 Å². The fourth-order valence-corrected chi connectivity index (χ4v) is 2.81. The van der Waals surface area contributed by atoms with Crippen LogP contribution >= 0.6 is 0 Å². The van der Waals surface area contributed by atoms with Crippen LogP contribution < -0.4 is 5.32 Å². The lowest BCUT2D eigenvalue weighted by molar-refractivity contribution is 0.391. The van der Waals surface area contributed by atoms with Crippen molar-refractivity contribution in [2.45, 2.75) is 39.2 Å². The predicted octanol–water partition coefficient (Wildman–Crippen LogP) is 3.19. The molecule has 1 aromatic heterocycles. The van der Waals surface area contributed by atoms with Gasteiger partial charge in [-0.05, 0) is 36.8 Å². The largest absolute Gasteiger partial charge is 0.366 e. The van der Waals surface area contributed by atoms with Gasteiger partial charge in [0, 0.05) is 12.2 Å². The Kier molecular flexibility index (Phi) is 3.63. The molecule has 0 bridgehead atoms. The molecule has 3 heteroatoms. The summed E-state index contributed by atoms with van der Waals surface area (Å²) in [7, 11) is 0. The second-order valence-corrected chi connectivity index (χ2v) is 4.87. The van der Waals surface area contributed by atoms with Gasteiger partial charge in [0.2, 0.25) is 0 Å². The Bertz CT molecular complexity index is 422. The van der Waals surface area contributed by atoms with E-state index in [1.807, 2.05) is 6.07 Å². The van der Waals surface area contributed by atoms with E-state index < -0.39 is 0 Å². The lowest BCUT2D eigenvalue weighted by atomic mass is 9.93. The number of nitrogens with zero attached hydrogens (tertiary/aromatic N) is 2. The van der Waals surface area contributed by atoms with E-state index in [4.69, 9.17) is 5.26 Å². The van der Waals surface area contributed by atoms with Crippen molar-refractivity contribution in [3.05, 3.63) is 23.9 Å². The van der Waals surface area contributed by atoms with E-state index in [2.05, 4.69) is 30.2 Å². The molecule has 1 fully saturated rings. The highest BCUT2D eigenvalue weighted by Gasteiger charge is 2.31. The molecule has 1 heterocycles. The Labute approximate surface area is 103 Å². The summed E-state index contributed by atoms with van der Waals surface area (Å²) in [6, 6.07) is 6.26. The van der Waals surface area contributed by atoms with Gasteiger partial charge in [-0.2, -0.15) is 5.26 Å². The lowest BCUT2D eigenvalue weighted by Gasteiger charge is -2.21. The first-order chi connectivity index (χ1) is 8.26. The Balaban J connectivity index is 2.09. The fraction of sp³-hybridized carbons (Fsp3) is 0.571. The third-order valence-electron chi connectivity index (χ3n) is 4.00. The highest BCUT2D eigenvalue weighted by atomic mass is 15.0. The number of nitriles is 1. The molecule has 90 valence electrons. The molecule has 0 aliphatic heterocycles. The summed E-state index contributed by atoms with van der Waals surface area (Å²) in [5.41, 5.74) is 0.639. The first-order valence-electron chi connectivity index (χ1n) is 6.38. The molecule has 3 nitrogen and oxygen atoms in total. The zero-order valence-corrected chi connectivity index (χ0v) is 10.5. The quantitative estimate of drug-likeness (QED) is 0.866. The van der Waals surface area contributed by atoms with Crippen LogP contribution in [-0.4, -0.2) is 11.0 Å². The predicted molar refractivity (Wildman–Crippen MR) is 68.5 cm³/mol. The third kappa shape index (κ3) is 2.41. The Morgan fingerprint density at radius 2 is 2.35 bits per heavy atom. The fourth-order valence-electron chi connectivity index (χ4n) is 2.81. The van der Waals surface area contributed by atoms with Gasteiger partial charge >= 0.3 is 0 Å². The van der Waals surface area contributed by atoms with Crippen LogP contribution in [0.1, 0.15) is 38.7 Å². The van der Waals surface area contributed by atoms with Gasteiger partial charge in [-0.3, -0.25) is 0 Å². The lowest BCUT2D eigenvalue weighted by Crippen LogP contribution is -2.25. The Hall–Kier alpha value is -1.56. The van der Waals surface area contributed by atoms with Crippen LogP contribution in [0.2, 0.25) is 0 Å². The topological polar surface area (TPSA) is 48.7 Å². The van der Waals surface area contributed by atoms with E-state index in [0.29, 0.717) is 17.5 Å². The van der Waals surface area contributed by atoms with Crippen molar-refractivity contribution in [2.24, 2.45) is 11.8 Å². The van der Waals surface area contributed by atoms with Crippen molar-refractivity contribution in [1.29, 1.82) is 5.26 Å². The number of nitrogens with one attached hydrogen (secondary N) is 1. The molecule has 1 saturated carbocycles. The molecular weight excluding hydrogens is 210 g/mol.